The van der Waals surface area contributed by atoms with Gasteiger partial charge in [0.25, 0.3) is 11.8 Å². The van der Waals surface area contributed by atoms with E-state index < -0.39 is 21.4 Å². The van der Waals surface area contributed by atoms with Gasteiger partial charge in [0.1, 0.15) is 36.2 Å². The first-order valence-electron chi connectivity index (χ1n) is 27.1. The van der Waals surface area contributed by atoms with E-state index in [9.17, 15) is 19.2 Å². The van der Waals surface area contributed by atoms with Crippen LogP contribution in [0, 0.1) is 5.92 Å². The van der Waals surface area contributed by atoms with Crippen LogP contribution in [0.3, 0.4) is 0 Å². The van der Waals surface area contributed by atoms with Crippen LogP contribution in [0.25, 0.3) is 0 Å². The van der Waals surface area contributed by atoms with Gasteiger partial charge in [-0.2, -0.15) is 0 Å². The second-order valence-electron chi connectivity index (χ2n) is 19.4. The lowest BCUT2D eigenvalue weighted by molar-refractivity contribution is -0.148. The van der Waals surface area contributed by atoms with Crippen LogP contribution >= 0.6 is 23.5 Å². The van der Waals surface area contributed by atoms with E-state index in [2.05, 4.69) is 83.4 Å². The van der Waals surface area contributed by atoms with Gasteiger partial charge in [0.2, 0.25) is 0 Å². The van der Waals surface area contributed by atoms with Gasteiger partial charge in [0, 0.05) is 37.4 Å². The first-order valence-corrected chi connectivity index (χ1v) is 29.1. The van der Waals surface area contributed by atoms with Crippen LogP contribution in [0.4, 0.5) is 0 Å². The SMILES string of the molecule is COc1ccc(C(SCCNC(=O)COc2ccc(COC(=O)CC(C)CC(=O)OCc3ccc(OCC(=O)NCCSC(c4ccccc4)(c4ccccc4)c4ccc(OC)cc4)cc3)cc2)(c2ccccc2)c2ccccc2)cc1. The highest BCUT2D eigenvalue weighted by Gasteiger charge is 2.38. The summed E-state index contributed by atoms with van der Waals surface area (Å²) in [5.41, 5.74) is 8.19. The molecule has 0 saturated carbocycles. The van der Waals surface area contributed by atoms with Gasteiger partial charge in [-0.25, -0.2) is 0 Å². The molecule has 82 heavy (non-hydrogen) atoms. The number of rotatable bonds is 30. The zero-order valence-electron chi connectivity index (χ0n) is 46.3. The predicted molar refractivity (Wildman–Crippen MR) is 324 cm³/mol. The number of thioether (sulfide) groups is 2. The monoisotopic (exact) mass is 1140 g/mol. The van der Waals surface area contributed by atoms with E-state index in [1.807, 2.05) is 97.1 Å². The number of carbonyl (C=O) groups excluding carboxylic acids is 4. The number of carbonyl (C=O) groups is 4. The molecule has 0 saturated heterocycles. The van der Waals surface area contributed by atoms with Crippen LogP contribution in [0.1, 0.15) is 64.3 Å². The molecule has 0 heterocycles. The first kappa shape index (κ1) is 59.7. The van der Waals surface area contributed by atoms with Crippen LogP contribution < -0.4 is 29.6 Å². The zero-order valence-corrected chi connectivity index (χ0v) is 48.0. The Morgan fingerprint density at radius 1 is 0.402 bits per heavy atom. The van der Waals surface area contributed by atoms with Crippen LogP contribution in [0.5, 0.6) is 23.0 Å². The Morgan fingerprint density at radius 3 is 1.00 bits per heavy atom. The maximum absolute atomic E-state index is 12.9. The Labute approximate surface area is 489 Å². The lowest BCUT2D eigenvalue weighted by Crippen LogP contribution is -2.32. The molecule has 0 spiro atoms. The molecule has 0 atom stereocenters. The molecule has 0 fully saturated rings. The maximum Gasteiger partial charge on any atom is 0.306 e. The molecular weight excluding hydrogens is 1070 g/mol. The fourth-order valence-corrected chi connectivity index (χ4v) is 12.3. The molecule has 8 aromatic carbocycles. The van der Waals surface area contributed by atoms with Gasteiger partial charge in [-0.1, -0.05) is 177 Å². The van der Waals surface area contributed by atoms with Crippen molar-refractivity contribution in [1.29, 1.82) is 0 Å². The molecule has 0 radical (unpaired) electrons. The molecule has 0 aliphatic rings. The van der Waals surface area contributed by atoms with Gasteiger partial charge >= 0.3 is 11.9 Å². The Morgan fingerprint density at radius 2 is 0.695 bits per heavy atom. The molecule has 8 aromatic rings. The number of hydrogen-bond acceptors (Lipinski definition) is 12. The third kappa shape index (κ3) is 16.4. The molecule has 0 aliphatic carbocycles. The summed E-state index contributed by atoms with van der Waals surface area (Å²) >= 11 is 3.50. The number of methoxy groups -OCH3 is 2. The topological polar surface area (TPSA) is 148 Å². The van der Waals surface area contributed by atoms with E-state index >= 15 is 0 Å². The Hall–Kier alpha value is -8.46. The number of amides is 2. The smallest absolute Gasteiger partial charge is 0.306 e. The van der Waals surface area contributed by atoms with E-state index in [1.165, 1.54) is 0 Å². The fourth-order valence-electron chi connectivity index (χ4n) is 9.48. The first-order chi connectivity index (χ1) is 40.1. The van der Waals surface area contributed by atoms with E-state index in [4.69, 9.17) is 28.4 Å². The molecule has 0 unspecified atom stereocenters. The second kappa shape index (κ2) is 30.4. The molecule has 0 bridgehead atoms. The second-order valence-corrected chi connectivity index (χ2v) is 22.0. The highest BCUT2D eigenvalue weighted by Crippen LogP contribution is 2.50. The van der Waals surface area contributed by atoms with Crippen molar-refractivity contribution in [2.45, 2.75) is 42.5 Å². The quantitative estimate of drug-likeness (QED) is 0.0251. The van der Waals surface area contributed by atoms with Crippen molar-refractivity contribution in [3.05, 3.63) is 263 Å². The van der Waals surface area contributed by atoms with Crippen molar-refractivity contribution >= 4 is 47.3 Å². The molecule has 422 valence electrons. The lowest BCUT2D eigenvalue weighted by atomic mass is 9.84. The van der Waals surface area contributed by atoms with Gasteiger partial charge in [-0.3, -0.25) is 19.2 Å². The molecule has 0 aromatic heterocycles. The maximum atomic E-state index is 12.9. The number of benzene rings is 8. The average molecular weight is 1140 g/mol. The summed E-state index contributed by atoms with van der Waals surface area (Å²) in [5, 5.41) is 6.01. The summed E-state index contributed by atoms with van der Waals surface area (Å²) in [5.74, 6) is 2.12. The standard InChI is InChI=1S/C68H68N2O10S2/c1-50(44-65(73)79-46-51-24-32-61(33-25-51)77-48-63(71)69-40-42-81-67(53-16-8-4-9-17-53,54-18-10-5-11-19-54)57-28-36-59(75-2)37-29-57)45-66(74)80-47-52-26-34-62(35-27-52)78-49-64(72)70-41-43-82-68(55-20-12-6-13-21-55,56-22-14-7-15-23-56)58-30-38-60(76-3)39-31-58/h4-39,50H,40-49H2,1-3H3,(H,69,71)(H,70,72). The minimum absolute atomic E-state index is 0.0369. The summed E-state index contributed by atoms with van der Waals surface area (Å²) in [6, 6.07) is 71.8. The van der Waals surface area contributed by atoms with E-state index in [0.717, 1.165) is 56.0 Å². The highest BCUT2D eigenvalue weighted by molar-refractivity contribution is 8.00. The summed E-state index contributed by atoms with van der Waals surface area (Å²) < 4.78 is 32.4. The fraction of sp³-hybridized carbons (Fsp3) is 0.235. The lowest BCUT2D eigenvalue weighted by Gasteiger charge is -2.35. The van der Waals surface area contributed by atoms with Gasteiger partial charge in [0.05, 0.1) is 23.7 Å². The molecule has 2 amide bonds. The molecule has 8 rings (SSSR count). The van der Waals surface area contributed by atoms with Crippen molar-refractivity contribution in [3.8, 4) is 23.0 Å². The average Bonchev–Trinajstić information content (AvgIpc) is 3.12. The summed E-state index contributed by atoms with van der Waals surface area (Å²) in [6.07, 6.45) is 0.0738. The van der Waals surface area contributed by atoms with Crippen molar-refractivity contribution < 1.29 is 47.6 Å². The molecule has 14 heteroatoms. The van der Waals surface area contributed by atoms with Crippen LogP contribution in [-0.4, -0.2) is 75.8 Å². The Kier molecular flexibility index (Phi) is 22.1. The van der Waals surface area contributed by atoms with Crippen molar-refractivity contribution in [1.82, 2.24) is 10.6 Å². The Balaban J connectivity index is 0.703. The highest BCUT2D eigenvalue weighted by atomic mass is 32.2. The van der Waals surface area contributed by atoms with Gasteiger partial charge in [-0.15, -0.1) is 23.5 Å². The largest absolute Gasteiger partial charge is 0.497 e. The normalized spacial score (nSPS) is 11.3. The number of hydrogen-bond donors (Lipinski definition) is 2. The minimum Gasteiger partial charge on any atom is -0.497 e. The van der Waals surface area contributed by atoms with Gasteiger partial charge < -0.3 is 39.1 Å². The van der Waals surface area contributed by atoms with Crippen molar-refractivity contribution in [2.75, 3.05) is 52.0 Å². The van der Waals surface area contributed by atoms with Crippen LogP contribution in [0.2, 0.25) is 0 Å². The summed E-state index contributed by atoms with van der Waals surface area (Å²) in [6.45, 7) is 2.40. The summed E-state index contributed by atoms with van der Waals surface area (Å²) in [7, 11) is 3.31. The number of esters is 2. The van der Waals surface area contributed by atoms with Gasteiger partial charge in [0.15, 0.2) is 13.2 Å². The van der Waals surface area contributed by atoms with Crippen molar-refractivity contribution in [3.63, 3.8) is 0 Å². The van der Waals surface area contributed by atoms with E-state index in [-0.39, 0.29) is 57.0 Å². The molecule has 2 N–H and O–H groups in total. The zero-order chi connectivity index (χ0) is 57.4. The van der Waals surface area contributed by atoms with Crippen LogP contribution in [0.15, 0.2) is 218 Å². The molecule has 12 nitrogen and oxygen atoms in total. The van der Waals surface area contributed by atoms with Crippen LogP contribution in [-0.2, 0) is 51.4 Å². The van der Waals surface area contributed by atoms with Gasteiger partial charge in [-0.05, 0) is 99.0 Å². The molecular formula is C68H68N2O10S2. The molecule has 0 aliphatic heterocycles. The van der Waals surface area contributed by atoms with Crippen molar-refractivity contribution in [2.24, 2.45) is 5.92 Å². The Bertz CT molecular complexity index is 2950. The summed E-state index contributed by atoms with van der Waals surface area (Å²) in [4.78, 5) is 51.4. The van der Waals surface area contributed by atoms with E-state index in [1.54, 1.807) is 93.2 Å². The number of nitrogens with one attached hydrogen (secondary N) is 2. The third-order valence-electron chi connectivity index (χ3n) is 13.6. The van der Waals surface area contributed by atoms with E-state index in [0.29, 0.717) is 36.1 Å². The minimum atomic E-state index is -0.538. The third-order valence-corrected chi connectivity index (χ3v) is 16.7. The number of ether oxygens (including phenoxy) is 6. The predicted octanol–water partition coefficient (Wildman–Crippen LogP) is 12.3.